The molecule has 0 aromatic rings. The Bertz CT molecular complexity index is 158. The van der Waals surface area contributed by atoms with Gasteiger partial charge in [-0.05, 0) is 31.1 Å². The Morgan fingerprint density at radius 1 is 1.29 bits per heavy atom. The summed E-state index contributed by atoms with van der Waals surface area (Å²) in [5.74, 6) is 1.05. The van der Waals surface area contributed by atoms with E-state index in [2.05, 4.69) is 6.92 Å². The molecule has 0 amide bonds. The van der Waals surface area contributed by atoms with E-state index in [0.717, 1.165) is 31.6 Å². The highest BCUT2D eigenvalue weighted by Crippen LogP contribution is 2.32. The van der Waals surface area contributed by atoms with Crippen LogP contribution in [-0.2, 0) is 0 Å². The molecule has 1 fully saturated rings. The number of hydrogen-bond donors (Lipinski definition) is 2. The molecule has 0 saturated heterocycles. The molecule has 0 spiro atoms. The Kier molecular flexibility index (Phi) is 4.90. The van der Waals surface area contributed by atoms with E-state index in [1.807, 2.05) is 6.92 Å². The summed E-state index contributed by atoms with van der Waals surface area (Å²) in [5.41, 5.74) is 0. The average Bonchev–Trinajstić information content (AvgIpc) is 2.17. The maximum atomic E-state index is 9.94. The Morgan fingerprint density at radius 3 is 2.57 bits per heavy atom. The monoisotopic (exact) mass is 200 g/mol. The predicted molar refractivity (Wildman–Crippen MR) is 58.0 cm³/mol. The maximum absolute atomic E-state index is 9.94. The van der Waals surface area contributed by atoms with Gasteiger partial charge in [0.2, 0.25) is 0 Å². The van der Waals surface area contributed by atoms with Gasteiger partial charge in [0, 0.05) is 0 Å². The van der Waals surface area contributed by atoms with E-state index in [1.54, 1.807) is 0 Å². The zero-order valence-electron chi connectivity index (χ0n) is 9.45. The van der Waals surface area contributed by atoms with Crippen LogP contribution in [0.15, 0.2) is 0 Å². The molecule has 2 heteroatoms. The van der Waals surface area contributed by atoms with Crippen molar-refractivity contribution in [3.05, 3.63) is 0 Å². The van der Waals surface area contributed by atoms with Gasteiger partial charge in [-0.25, -0.2) is 0 Å². The molecule has 0 bridgehead atoms. The van der Waals surface area contributed by atoms with Crippen molar-refractivity contribution in [1.29, 1.82) is 0 Å². The first-order chi connectivity index (χ1) is 6.65. The smallest absolute Gasteiger partial charge is 0.0827 e. The Balaban J connectivity index is 2.38. The van der Waals surface area contributed by atoms with Crippen LogP contribution in [0.25, 0.3) is 0 Å². The second-order valence-corrected chi connectivity index (χ2v) is 4.88. The van der Waals surface area contributed by atoms with Crippen LogP contribution in [0.2, 0.25) is 0 Å². The van der Waals surface area contributed by atoms with E-state index in [4.69, 9.17) is 0 Å². The van der Waals surface area contributed by atoms with Gasteiger partial charge in [-0.2, -0.15) is 0 Å². The fourth-order valence-corrected chi connectivity index (χ4v) is 2.57. The second kappa shape index (κ2) is 5.72. The molecule has 1 saturated carbocycles. The molecule has 4 atom stereocenters. The first-order valence-corrected chi connectivity index (χ1v) is 6.01. The van der Waals surface area contributed by atoms with Gasteiger partial charge < -0.3 is 10.2 Å². The fourth-order valence-electron chi connectivity index (χ4n) is 2.57. The van der Waals surface area contributed by atoms with Crippen LogP contribution >= 0.6 is 0 Å². The zero-order chi connectivity index (χ0) is 10.6. The summed E-state index contributed by atoms with van der Waals surface area (Å²) >= 11 is 0. The summed E-state index contributed by atoms with van der Waals surface area (Å²) in [6.45, 7) is 4.28. The SMILES string of the molecule is CCCC(O)C(O)C1CCCC(C)C1. The minimum atomic E-state index is -0.504. The Labute approximate surface area is 87.3 Å². The van der Waals surface area contributed by atoms with Gasteiger partial charge >= 0.3 is 0 Å². The molecule has 1 aliphatic carbocycles. The molecule has 0 aromatic heterocycles. The Hall–Kier alpha value is -0.0800. The molecular weight excluding hydrogens is 176 g/mol. The highest BCUT2D eigenvalue weighted by Gasteiger charge is 2.29. The number of aliphatic hydroxyl groups excluding tert-OH is 2. The van der Waals surface area contributed by atoms with Crippen LogP contribution in [0.3, 0.4) is 0 Å². The first kappa shape index (κ1) is 12.0. The molecule has 2 nitrogen and oxygen atoms in total. The van der Waals surface area contributed by atoms with E-state index < -0.39 is 12.2 Å². The third-order valence-corrected chi connectivity index (χ3v) is 3.44. The van der Waals surface area contributed by atoms with E-state index in [0.29, 0.717) is 5.92 Å². The molecule has 4 unspecified atom stereocenters. The van der Waals surface area contributed by atoms with Crippen molar-refractivity contribution in [2.45, 2.75) is 64.6 Å². The van der Waals surface area contributed by atoms with Gasteiger partial charge in [-0.3, -0.25) is 0 Å². The average molecular weight is 200 g/mol. The summed E-state index contributed by atoms with van der Waals surface area (Å²) in [5, 5.41) is 19.6. The molecule has 14 heavy (non-hydrogen) atoms. The summed E-state index contributed by atoms with van der Waals surface area (Å²) in [6.07, 6.45) is 5.35. The minimum absolute atomic E-state index is 0.334. The highest BCUT2D eigenvalue weighted by molar-refractivity contribution is 4.80. The third kappa shape index (κ3) is 3.25. The van der Waals surface area contributed by atoms with Crippen LogP contribution in [-0.4, -0.2) is 22.4 Å². The van der Waals surface area contributed by atoms with Crippen LogP contribution in [0, 0.1) is 11.8 Å². The predicted octanol–water partition coefficient (Wildman–Crippen LogP) is 2.33. The summed E-state index contributed by atoms with van der Waals surface area (Å²) in [7, 11) is 0. The lowest BCUT2D eigenvalue weighted by atomic mass is 9.78. The van der Waals surface area contributed by atoms with Crippen LogP contribution < -0.4 is 0 Å². The molecule has 84 valence electrons. The molecular formula is C12H24O2. The van der Waals surface area contributed by atoms with Crippen molar-refractivity contribution in [2.24, 2.45) is 11.8 Å². The van der Waals surface area contributed by atoms with Crippen LogP contribution in [0.1, 0.15) is 52.4 Å². The number of aliphatic hydroxyl groups is 2. The fraction of sp³-hybridized carbons (Fsp3) is 1.00. The lowest BCUT2D eigenvalue weighted by Crippen LogP contribution is -2.35. The molecule has 0 heterocycles. The topological polar surface area (TPSA) is 40.5 Å². The second-order valence-electron chi connectivity index (χ2n) is 4.88. The normalized spacial score (nSPS) is 32.6. The molecule has 0 aromatic carbocycles. The van der Waals surface area contributed by atoms with E-state index >= 15 is 0 Å². The zero-order valence-corrected chi connectivity index (χ0v) is 9.45. The van der Waals surface area contributed by atoms with Gasteiger partial charge in [-0.15, -0.1) is 0 Å². The van der Waals surface area contributed by atoms with E-state index in [9.17, 15) is 10.2 Å². The van der Waals surface area contributed by atoms with Gasteiger partial charge in [0.25, 0.3) is 0 Å². The third-order valence-electron chi connectivity index (χ3n) is 3.44. The van der Waals surface area contributed by atoms with Gasteiger partial charge in [0.15, 0.2) is 0 Å². The summed E-state index contributed by atoms with van der Waals surface area (Å²) < 4.78 is 0. The van der Waals surface area contributed by atoms with Crippen LogP contribution in [0.5, 0.6) is 0 Å². The molecule has 0 radical (unpaired) electrons. The van der Waals surface area contributed by atoms with Crippen molar-refractivity contribution < 1.29 is 10.2 Å². The van der Waals surface area contributed by atoms with Gasteiger partial charge in [-0.1, -0.05) is 33.1 Å². The Morgan fingerprint density at radius 2 is 2.00 bits per heavy atom. The lowest BCUT2D eigenvalue weighted by Gasteiger charge is -2.32. The van der Waals surface area contributed by atoms with E-state index in [1.165, 1.54) is 12.8 Å². The molecule has 1 rings (SSSR count). The van der Waals surface area contributed by atoms with Crippen molar-refractivity contribution >= 4 is 0 Å². The highest BCUT2D eigenvalue weighted by atomic mass is 16.3. The summed E-state index contributed by atoms with van der Waals surface area (Å²) in [6, 6.07) is 0. The lowest BCUT2D eigenvalue weighted by molar-refractivity contribution is -0.0356. The number of hydrogen-bond acceptors (Lipinski definition) is 2. The van der Waals surface area contributed by atoms with Gasteiger partial charge in [0.05, 0.1) is 12.2 Å². The van der Waals surface area contributed by atoms with Gasteiger partial charge in [0.1, 0.15) is 0 Å². The maximum Gasteiger partial charge on any atom is 0.0827 e. The van der Waals surface area contributed by atoms with Crippen molar-refractivity contribution in [3.63, 3.8) is 0 Å². The number of rotatable bonds is 4. The minimum Gasteiger partial charge on any atom is -0.390 e. The summed E-state index contributed by atoms with van der Waals surface area (Å²) in [4.78, 5) is 0. The first-order valence-electron chi connectivity index (χ1n) is 6.01. The molecule has 1 aliphatic rings. The van der Waals surface area contributed by atoms with Crippen molar-refractivity contribution in [3.8, 4) is 0 Å². The van der Waals surface area contributed by atoms with Crippen molar-refractivity contribution in [1.82, 2.24) is 0 Å². The molecule has 2 N–H and O–H groups in total. The van der Waals surface area contributed by atoms with E-state index in [-0.39, 0.29) is 0 Å². The van der Waals surface area contributed by atoms with Crippen LogP contribution in [0.4, 0.5) is 0 Å². The standard InChI is InChI=1S/C12H24O2/c1-3-5-11(13)12(14)10-7-4-6-9(2)8-10/h9-14H,3-8H2,1-2H3. The van der Waals surface area contributed by atoms with Crippen molar-refractivity contribution in [2.75, 3.05) is 0 Å². The quantitative estimate of drug-likeness (QED) is 0.731. The largest absolute Gasteiger partial charge is 0.390 e. The molecule has 0 aliphatic heterocycles.